The number of carbonyl (C=O) groups is 1. The Morgan fingerprint density at radius 2 is 2.07 bits per heavy atom. The maximum atomic E-state index is 11.5. The van der Waals surface area contributed by atoms with Crippen LogP contribution >= 0.6 is 0 Å². The summed E-state index contributed by atoms with van der Waals surface area (Å²) in [7, 11) is 1.44. The first-order valence-corrected chi connectivity index (χ1v) is 5.66. The monoisotopic (exact) mass is 213 g/mol. The standard InChI is InChI=1S/C12H23NO2/c1-11(2)8-6-7-9(11)13-12(3,4)10(14)15-5/h9,13H,6-8H2,1-5H3. The molecule has 1 rings (SSSR count). The summed E-state index contributed by atoms with van der Waals surface area (Å²) >= 11 is 0. The third-order valence-electron chi connectivity index (χ3n) is 3.49. The van der Waals surface area contributed by atoms with E-state index >= 15 is 0 Å². The van der Waals surface area contributed by atoms with Crippen molar-refractivity contribution in [1.82, 2.24) is 5.32 Å². The molecule has 3 nitrogen and oxygen atoms in total. The minimum absolute atomic E-state index is 0.190. The molecule has 1 atom stereocenters. The van der Waals surface area contributed by atoms with E-state index in [1.54, 1.807) is 0 Å². The Hall–Kier alpha value is -0.570. The normalized spacial score (nSPS) is 25.3. The summed E-state index contributed by atoms with van der Waals surface area (Å²) in [6.07, 6.45) is 3.61. The van der Waals surface area contributed by atoms with Crippen molar-refractivity contribution in [2.24, 2.45) is 5.41 Å². The van der Waals surface area contributed by atoms with Gasteiger partial charge in [0.05, 0.1) is 7.11 Å². The predicted octanol–water partition coefficient (Wildman–Crippen LogP) is 2.11. The molecule has 1 saturated carbocycles. The second-order valence-corrected chi connectivity index (χ2v) is 5.69. The molecule has 1 N–H and O–H groups in total. The van der Waals surface area contributed by atoms with Gasteiger partial charge in [-0.2, -0.15) is 0 Å². The van der Waals surface area contributed by atoms with Gasteiger partial charge in [0.15, 0.2) is 0 Å². The highest BCUT2D eigenvalue weighted by molar-refractivity contribution is 5.79. The Balaban J connectivity index is 2.65. The van der Waals surface area contributed by atoms with E-state index < -0.39 is 5.54 Å². The Labute approximate surface area is 92.6 Å². The van der Waals surface area contributed by atoms with E-state index in [4.69, 9.17) is 4.74 Å². The molecule has 0 radical (unpaired) electrons. The van der Waals surface area contributed by atoms with Crippen LogP contribution in [0.15, 0.2) is 0 Å². The first kappa shape index (κ1) is 12.5. The zero-order valence-corrected chi connectivity index (χ0v) is 10.5. The molecule has 1 fully saturated rings. The quantitative estimate of drug-likeness (QED) is 0.730. The SMILES string of the molecule is COC(=O)C(C)(C)NC1CCCC1(C)C. The molecule has 0 spiro atoms. The van der Waals surface area contributed by atoms with E-state index in [9.17, 15) is 4.79 Å². The maximum absolute atomic E-state index is 11.5. The van der Waals surface area contributed by atoms with Crippen LogP contribution in [0, 0.1) is 5.41 Å². The molecule has 0 aromatic carbocycles. The van der Waals surface area contributed by atoms with Crippen LogP contribution in [0.2, 0.25) is 0 Å². The van der Waals surface area contributed by atoms with Crippen molar-refractivity contribution in [2.75, 3.05) is 7.11 Å². The number of methoxy groups -OCH3 is 1. The molecule has 1 unspecified atom stereocenters. The average Bonchev–Trinajstić information content (AvgIpc) is 2.44. The Kier molecular flexibility index (Phi) is 3.44. The minimum Gasteiger partial charge on any atom is -0.468 e. The number of hydrogen-bond donors (Lipinski definition) is 1. The van der Waals surface area contributed by atoms with Gasteiger partial charge in [-0.15, -0.1) is 0 Å². The van der Waals surface area contributed by atoms with Crippen LogP contribution in [0.3, 0.4) is 0 Å². The lowest BCUT2D eigenvalue weighted by molar-refractivity contribution is -0.147. The topological polar surface area (TPSA) is 38.3 Å². The van der Waals surface area contributed by atoms with Gasteiger partial charge in [-0.1, -0.05) is 20.3 Å². The molecule has 0 aliphatic heterocycles. The molecule has 0 saturated heterocycles. The first-order chi connectivity index (χ1) is 6.79. The van der Waals surface area contributed by atoms with Crippen LogP contribution in [0.1, 0.15) is 47.0 Å². The smallest absolute Gasteiger partial charge is 0.325 e. The van der Waals surface area contributed by atoms with Crippen molar-refractivity contribution in [2.45, 2.75) is 58.5 Å². The zero-order valence-electron chi connectivity index (χ0n) is 10.5. The van der Waals surface area contributed by atoms with E-state index in [2.05, 4.69) is 19.2 Å². The number of rotatable bonds is 3. The lowest BCUT2D eigenvalue weighted by atomic mass is 9.86. The maximum Gasteiger partial charge on any atom is 0.325 e. The molecule has 0 bridgehead atoms. The van der Waals surface area contributed by atoms with Gasteiger partial charge in [0.2, 0.25) is 0 Å². The molecule has 1 aliphatic carbocycles. The van der Waals surface area contributed by atoms with Gasteiger partial charge < -0.3 is 4.74 Å². The van der Waals surface area contributed by atoms with Crippen molar-refractivity contribution in [1.29, 1.82) is 0 Å². The molecule has 88 valence electrons. The summed E-state index contributed by atoms with van der Waals surface area (Å²) in [5, 5.41) is 3.42. The van der Waals surface area contributed by atoms with Crippen molar-refractivity contribution in [3.8, 4) is 0 Å². The van der Waals surface area contributed by atoms with E-state index in [0.717, 1.165) is 6.42 Å². The van der Waals surface area contributed by atoms with Gasteiger partial charge in [-0.3, -0.25) is 10.1 Å². The molecule has 0 amide bonds. The fourth-order valence-electron chi connectivity index (χ4n) is 2.34. The van der Waals surface area contributed by atoms with Crippen molar-refractivity contribution in [3.63, 3.8) is 0 Å². The number of carbonyl (C=O) groups excluding carboxylic acids is 1. The molecule has 3 heteroatoms. The summed E-state index contributed by atoms with van der Waals surface area (Å²) < 4.78 is 4.79. The number of nitrogens with one attached hydrogen (secondary N) is 1. The van der Waals surface area contributed by atoms with E-state index in [1.165, 1.54) is 20.0 Å². The Morgan fingerprint density at radius 3 is 2.47 bits per heavy atom. The summed E-state index contributed by atoms with van der Waals surface area (Å²) in [5.41, 5.74) is -0.299. The highest BCUT2D eigenvalue weighted by atomic mass is 16.5. The van der Waals surface area contributed by atoms with Crippen molar-refractivity contribution < 1.29 is 9.53 Å². The van der Waals surface area contributed by atoms with Crippen LogP contribution in [0.25, 0.3) is 0 Å². The number of ether oxygens (including phenoxy) is 1. The molecule has 0 heterocycles. The Morgan fingerprint density at radius 1 is 1.47 bits per heavy atom. The predicted molar refractivity (Wildman–Crippen MR) is 60.7 cm³/mol. The summed E-state index contributed by atoms with van der Waals surface area (Å²) in [4.78, 5) is 11.5. The molecular weight excluding hydrogens is 190 g/mol. The molecule has 15 heavy (non-hydrogen) atoms. The number of esters is 1. The Bertz CT molecular complexity index is 246. The lowest BCUT2D eigenvalue weighted by Crippen LogP contribution is -2.54. The van der Waals surface area contributed by atoms with Gasteiger partial charge in [0.1, 0.15) is 5.54 Å². The van der Waals surface area contributed by atoms with E-state index in [-0.39, 0.29) is 11.4 Å². The highest BCUT2D eigenvalue weighted by Gasteiger charge is 2.40. The van der Waals surface area contributed by atoms with Crippen molar-refractivity contribution >= 4 is 5.97 Å². The third-order valence-corrected chi connectivity index (χ3v) is 3.49. The third kappa shape index (κ3) is 2.71. The molecule has 0 aromatic rings. The highest BCUT2D eigenvalue weighted by Crippen LogP contribution is 2.38. The summed E-state index contributed by atoms with van der Waals surface area (Å²) in [6, 6.07) is 0.409. The van der Waals surface area contributed by atoms with Crippen LogP contribution in [0.5, 0.6) is 0 Å². The van der Waals surface area contributed by atoms with Gasteiger partial charge in [-0.25, -0.2) is 0 Å². The van der Waals surface area contributed by atoms with Crippen molar-refractivity contribution in [3.05, 3.63) is 0 Å². The number of hydrogen-bond acceptors (Lipinski definition) is 3. The van der Waals surface area contributed by atoms with E-state index in [1.807, 2.05) is 13.8 Å². The molecule has 0 aromatic heterocycles. The van der Waals surface area contributed by atoms with Gasteiger partial charge >= 0.3 is 5.97 Å². The largest absolute Gasteiger partial charge is 0.468 e. The van der Waals surface area contributed by atoms with Crippen LogP contribution in [-0.2, 0) is 9.53 Å². The second-order valence-electron chi connectivity index (χ2n) is 5.69. The summed E-state index contributed by atoms with van der Waals surface area (Å²) in [6.45, 7) is 8.27. The average molecular weight is 213 g/mol. The molecule has 1 aliphatic rings. The van der Waals surface area contributed by atoms with E-state index in [0.29, 0.717) is 6.04 Å². The van der Waals surface area contributed by atoms with Gasteiger partial charge in [-0.05, 0) is 32.1 Å². The minimum atomic E-state index is -0.582. The van der Waals surface area contributed by atoms with Crippen LogP contribution < -0.4 is 5.32 Å². The fraction of sp³-hybridized carbons (Fsp3) is 0.917. The first-order valence-electron chi connectivity index (χ1n) is 5.66. The zero-order chi connectivity index (χ0) is 11.7. The molecular formula is C12H23NO2. The lowest BCUT2D eigenvalue weighted by Gasteiger charge is -2.34. The second kappa shape index (κ2) is 4.12. The van der Waals surface area contributed by atoms with Gasteiger partial charge in [0, 0.05) is 6.04 Å². The summed E-state index contributed by atoms with van der Waals surface area (Å²) in [5.74, 6) is -0.190. The van der Waals surface area contributed by atoms with Gasteiger partial charge in [0.25, 0.3) is 0 Å². The van der Waals surface area contributed by atoms with Crippen LogP contribution in [0.4, 0.5) is 0 Å². The van der Waals surface area contributed by atoms with Crippen LogP contribution in [-0.4, -0.2) is 24.7 Å². The fourth-order valence-corrected chi connectivity index (χ4v) is 2.34.